The summed E-state index contributed by atoms with van der Waals surface area (Å²) in [5.74, 6) is 0.644. The Labute approximate surface area is 184 Å². The summed E-state index contributed by atoms with van der Waals surface area (Å²) in [7, 11) is 0. The summed E-state index contributed by atoms with van der Waals surface area (Å²) in [6, 6.07) is 20.4. The summed E-state index contributed by atoms with van der Waals surface area (Å²) < 4.78 is 7.70. The first kappa shape index (κ1) is 18.8. The first-order chi connectivity index (χ1) is 14.6. The van der Waals surface area contributed by atoms with Crippen molar-refractivity contribution in [1.29, 1.82) is 0 Å². The molecular formula is C23H13BrClN3O2. The fourth-order valence-electron chi connectivity index (χ4n) is 3.41. The van der Waals surface area contributed by atoms with Crippen LogP contribution in [0.5, 0.6) is 0 Å². The van der Waals surface area contributed by atoms with Gasteiger partial charge in [0.15, 0.2) is 12.2 Å². The lowest BCUT2D eigenvalue weighted by molar-refractivity contribution is 0.572. The molecule has 0 fully saturated rings. The molecule has 0 amide bonds. The molecule has 146 valence electrons. The third kappa shape index (κ3) is 3.34. The van der Waals surface area contributed by atoms with Crippen LogP contribution >= 0.6 is 27.5 Å². The lowest BCUT2D eigenvalue weighted by Crippen LogP contribution is -2.22. The molecule has 0 saturated heterocycles. The van der Waals surface area contributed by atoms with Crippen LogP contribution in [0.4, 0.5) is 0 Å². The minimum Gasteiger partial charge on any atom is -0.444 e. The van der Waals surface area contributed by atoms with Gasteiger partial charge in [-0.3, -0.25) is 4.79 Å². The summed E-state index contributed by atoms with van der Waals surface area (Å²) in [6.07, 6.45) is 3.05. The predicted octanol–water partition coefficient (Wildman–Crippen LogP) is 6.12. The van der Waals surface area contributed by atoms with Gasteiger partial charge in [-0.05, 0) is 42.5 Å². The van der Waals surface area contributed by atoms with E-state index in [-0.39, 0.29) is 5.56 Å². The molecule has 0 radical (unpaired) electrons. The summed E-state index contributed by atoms with van der Waals surface area (Å²) in [5, 5.41) is 6.60. The zero-order chi connectivity index (χ0) is 20.7. The standard InChI is InChI=1S/C23H13BrClN3O2/c24-16-9-14(21-12-26-13-30-21)8-15(10-16)22-19-6-1-2-7-20(19)23(29)28(27-22)18-5-3-4-17(25)11-18/h1-13H. The molecule has 0 saturated carbocycles. The molecule has 7 heteroatoms. The fraction of sp³-hybridized carbons (Fsp3) is 0. The number of nitrogens with zero attached hydrogens (tertiary/aromatic N) is 3. The van der Waals surface area contributed by atoms with Crippen molar-refractivity contribution in [2.75, 3.05) is 0 Å². The molecule has 2 aromatic heterocycles. The Kier molecular flexibility index (Phi) is 4.73. The molecule has 0 aliphatic carbocycles. The van der Waals surface area contributed by atoms with Gasteiger partial charge in [0.2, 0.25) is 0 Å². The number of hydrogen-bond acceptors (Lipinski definition) is 4. The number of aromatic nitrogens is 3. The summed E-state index contributed by atoms with van der Waals surface area (Å²) in [5.41, 5.74) is 2.75. The van der Waals surface area contributed by atoms with Crippen molar-refractivity contribution in [2.45, 2.75) is 0 Å². The highest BCUT2D eigenvalue weighted by atomic mass is 79.9. The van der Waals surface area contributed by atoms with Crippen LogP contribution in [-0.4, -0.2) is 14.8 Å². The second kappa shape index (κ2) is 7.55. The third-order valence-electron chi connectivity index (χ3n) is 4.75. The fourth-order valence-corrected chi connectivity index (χ4v) is 4.09. The van der Waals surface area contributed by atoms with Crippen LogP contribution in [0, 0.1) is 0 Å². The van der Waals surface area contributed by atoms with E-state index in [1.165, 1.54) is 11.1 Å². The summed E-state index contributed by atoms with van der Waals surface area (Å²) in [6.45, 7) is 0. The molecule has 0 N–H and O–H groups in total. The molecule has 2 heterocycles. The molecule has 0 aliphatic heterocycles. The zero-order valence-corrected chi connectivity index (χ0v) is 17.8. The van der Waals surface area contributed by atoms with Crippen molar-refractivity contribution >= 4 is 38.3 Å². The molecule has 0 aliphatic rings. The van der Waals surface area contributed by atoms with Gasteiger partial charge >= 0.3 is 0 Å². The van der Waals surface area contributed by atoms with Crippen LogP contribution < -0.4 is 5.56 Å². The Morgan fingerprint density at radius 2 is 1.73 bits per heavy atom. The van der Waals surface area contributed by atoms with Crippen LogP contribution in [0.3, 0.4) is 0 Å². The number of benzene rings is 3. The van der Waals surface area contributed by atoms with E-state index in [9.17, 15) is 4.79 Å². The van der Waals surface area contributed by atoms with Crippen molar-refractivity contribution in [3.63, 3.8) is 0 Å². The SMILES string of the molecule is O=c1c2ccccc2c(-c2cc(Br)cc(-c3cnco3)c2)nn1-c1cccc(Cl)c1. The normalized spacial score (nSPS) is 11.1. The van der Waals surface area contributed by atoms with Crippen LogP contribution in [0.1, 0.15) is 0 Å². The highest BCUT2D eigenvalue weighted by Gasteiger charge is 2.15. The molecule has 0 spiro atoms. The second-order valence-corrected chi connectivity index (χ2v) is 8.04. The molecule has 5 nitrogen and oxygen atoms in total. The third-order valence-corrected chi connectivity index (χ3v) is 5.44. The van der Waals surface area contributed by atoms with Gasteiger partial charge in [0.05, 0.1) is 23.0 Å². The maximum Gasteiger partial charge on any atom is 0.279 e. The van der Waals surface area contributed by atoms with E-state index in [1.54, 1.807) is 36.5 Å². The average Bonchev–Trinajstić information content (AvgIpc) is 3.29. The highest BCUT2D eigenvalue weighted by Crippen LogP contribution is 2.32. The number of halogens is 2. The quantitative estimate of drug-likeness (QED) is 0.313. The Morgan fingerprint density at radius 3 is 2.50 bits per heavy atom. The zero-order valence-electron chi connectivity index (χ0n) is 15.4. The van der Waals surface area contributed by atoms with Gasteiger partial charge in [0.1, 0.15) is 0 Å². The highest BCUT2D eigenvalue weighted by molar-refractivity contribution is 9.10. The van der Waals surface area contributed by atoms with E-state index in [0.29, 0.717) is 27.6 Å². The van der Waals surface area contributed by atoms with Gasteiger partial charge in [-0.1, -0.05) is 51.8 Å². The predicted molar refractivity (Wildman–Crippen MR) is 121 cm³/mol. The summed E-state index contributed by atoms with van der Waals surface area (Å²) >= 11 is 9.73. The second-order valence-electron chi connectivity index (χ2n) is 6.69. The van der Waals surface area contributed by atoms with Crippen LogP contribution in [-0.2, 0) is 0 Å². The van der Waals surface area contributed by atoms with Gasteiger partial charge in [-0.25, -0.2) is 4.98 Å². The molecule has 3 aromatic carbocycles. The van der Waals surface area contributed by atoms with E-state index in [1.807, 2.05) is 36.4 Å². The van der Waals surface area contributed by atoms with Gasteiger partial charge < -0.3 is 4.42 Å². The maximum absolute atomic E-state index is 13.2. The lowest BCUT2D eigenvalue weighted by atomic mass is 10.0. The monoisotopic (exact) mass is 477 g/mol. The first-order valence-electron chi connectivity index (χ1n) is 9.08. The lowest BCUT2D eigenvalue weighted by Gasteiger charge is -2.12. The minimum atomic E-state index is -0.206. The number of fused-ring (bicyclic) bond motifs is 1. The molecule has 5 aromatic rings. The molecule has 5 rings (SSSR count). The molecule has 0 bridgehead atoms. The van der Waals surface area contributed by atoms with Crippen molar-refractivity contribution in [1.82, 2.24) is 14.8 Å². The number of hydrogen-bond donors (Lipinski definition) is 0. The van der Waals surface area contributed by atoms with Gasteiger partial charge in [-0.2, -0.15) is 9.78 Å². The Morgan fingerprint density at radius 1 is 0.933 bits per heavy atom. The van der Waals surface area contributed by atoms with Crippen molar-refractivity contribution < 1.29 is 4.42 Å². The summed E-state index contributed by atoms with van der Waals surface area (Å²) in [4.78, 5) is 17.2. The number of oxazole rings is 1. The van der Waals surface area contributed by atoms with Gasteiger partial charge in [0.25, 0.3) is 5.56 Å². The van der Waals surface area contributed by atoms with Crippen molar-refractivity contribution in [2.24, 2.45) is 0 Å². The Hall–Kier alpha value is -3.22. The van der Waals surface area contributed by atoms with Crippen molar-refractivity contribution in [3.8, 4) is 28.3 Å². The van der Waals surface area contributed by atoms with Crippen LogP contribution in [0.2, 0.25) is 5.02 Å². The van der Waals surface area contributed by atoms with Gasteiger partial charge in [0, 0.05) is 26.0 Å². The van der Waals surface area contributed by atoms with E-state index in [2.05, 4.69) is 20.9 Å². The minimum absolute atomic E-state index is 0.206. The van der Waals surface area contributed by atoms with Crippen molar-refractivity contribution in [3.05, 3.63) is 99.2 Å². The Bertz CT molecular complexity index is 1450. The average molecular weight is 479 g/mol. The van der Waals surface area contributed by atoms with Crippen LogP contribution in [0.15, 0.2) is 93.0 Å². The van der Waals surface area contributed by atoms with E-state index >= 15 is 0 Å². The van der Waals surface area contributed by atoms with E-state index in [0.717, 1.165) is 21.0 Å². The van der Waals surface area contributed by atoms with Gasteiger partial charge in [-0.15, -0.1) is 0 Å². The number of rotatable bonds is 3. The molecule has 30 heavy (non-hydrogen) atoms. The topological polar surface area (TPSA) is 60.9 Å². The molecule has 0 unspecified atom stereocenters. The smallest absolute Gasteiger partial charge is 0.279 e. The first-order valence-corrected chi connectivity index (χ1v) is 10.2. The molecular weight excluding hydrogens is 466 g/mol. The largest absolute Gasteiger partial charge is 0.444 e. The Balaban J connectivity index is 1.82. The molecule has 0 atom stereocenters. The maximum atomic E-state index is 13.2. The van der Waals surface area contributed by atoms with E-state index in [4.69, 9.17) is 21.1 Å². The van der Waals surface area contributed by atoms with E-state index < -0.39 is 0 Å². The van der Waals surface area contributed by atoms with Crippen LogP contribution in [0.25, 0.3) is 39.0 Å².